The number of benzene rings is 1. The van der Waals surface area contributed by atoms with Crippen LogP contribution in [0, 0.1) is 11.6 Å². The van der Waals surface area contributed by atoms with Gasteiger partial charge in [-0.25, -0.2) is 18.3 Å². The molecule has 1 aliphatic carbocycles. The van der Waals surface area contributed by atoms with E-state index in [0.29, 0.717) is 0 Å². The molecule has 0 radical (unpaired) electrons. The van der Waals surface area contributed by atoms with Gasteiger partial charge >= 0.3 is 6.03 Å². The fourth-order valence-corrected chi connectivity index (χ4v) is 3.03. The van der Waals surface area contributed by atoms with Crippen molar-refractivity contribution in [1.29, 1.82) is 0 Å². The van der Waals surface area contributed by atoms with E-state index in [4.69, 9.17) is 0 Å². The second-order valence-electron chi connectivity index (χ2n) is 6.27. The van der Waals surface area contributed by atoms with Crippen LogP contribution in [0.5, 0.6) is 0 Å². The minimum Gasteiger partial charge on any atom is -0.336 e. The van der Waals surface area contributed by atoms with Crippen molar-refractivity contribution in [3.05, 3.63) is 47.3 Å². The standard InChI is InChI=1S/C17H20F2N4O/c1-10(2)21-17(24)22-14-4-3-5-15-12(14)9-20-23(15)16-7-6-11(18)8-13(16)19/h6-10,14H,3-5H2,1-2H3,(H2,21,22,24)/t14-/m1/s1. The number of nitrogens with one attached hydrogen (secondary N) is 2. The molecule has 1 heterocycles. The molecule has 7 heteroatoms. The molecule has 0 saturated heterocycles. The topological polar surface area (TPSA) is 59.0 Å². The van der Waals surface area contributed by atoms with Crippen molar-refractivity contribution in [1.82, 2.24) is 20.4 Å². The van der Waals surface area contributed by atoms with Crippen LogP contribution in [0.4, 0.5) is 13.6 Å². The summed E-state index contributed by atoms with van der Waals surface area (Å²) in [6.45, 7) is 3.78. The highest BCUT2D eigenvalue weighted by molar-refractivity contribution is 5.74. The van der Waals surface area contributed by atoms with Gasteiger partial charge in [0.05, 0.1) is 12.2 Å². The molecule has 0 aliphatic heterocycles. The maximum Gasteiger partial charge on any atom is 0.315 e. The molecule has 0 spiro atoms. The van der Waals surface area contributed by atoms with Gasteiger partial charge in [-0.15, -0.1) is 0 Å². The number of fused-ring (bicyclic) bond motifs is 1. The summed E-state index contributed by atoms with van der Waals surface area (Å²) in [6.07, 6.45) is 4.04. The minimum atomic E-state index is -0.659. The molecule has 2 N–H and O–H groups in total. The lowest BCUT2D eigenvalue weighted by Gasteiger charge is -2.25. The molecule has 1 aromatic carbocycles. The predicted octanol–water partition coefficient (Wildman–Crippen LogP) is 3.24. The maximum atomic E-state index is 14.1. The largest absolute Gasteiger partial charge is 0.336 e. The number of aromatic nitrogens is 2. The first-order valence-corrected chi connectivity index (χ1v) is 8.05. The molecule has 3 rings (SSSR count). The SMILES string of the molecule is CC(C)NC(=O)N[C@@H]1CCCc2c1cnn2-c1ccc(F)cc1F. The first kappa shape index (κ1) is 16.4. The molecular formula is C17H20F2N4O. The van der Waals surface area contributed by atoms with Gasteiger partial charge in [0.25, 0.3) is 0 Å². The molecule has 5 nitrogen and oxygen atoms in total. The van der Waals surface area contributed by atoms with E-state index in [-0.39, 0.29) is 23.8 Å². The van der Waals surface area contributed by atoms with Gasteiger partial charge in [-0.05, 0) is 45.2 Å². The Bertz CT molecular complexity index is 757. The quantitative estimate of drug-likeness (QED) is 0.905. The molecule has 0 saturated carbocycles. The number of rotatable bonds is 3. The first-order valence-electron chi connectivity index (χ1n) is 8.05. The highest BCUT2D eigenvalue weighted by Gasteiger charge is 2.26. The average Bonchev–Trinajstić information content (AvgIpc) is 2.91. The Kier molecular flexibility index (Phi) is 4.51. The van der Waals surface area contributed by atoms with Crippen LogP contribution in [0.1, 0.15) is 44.0 Å². The summed E-state index contributed by atoms with van der Waals surface area (Å²) >= 11 is 0. The number of carbonyl (C=O) groups excluding carboxylic acids is 1. The van der Waals surface area contributed by atoms with Crippen molar-refractivity contribution < 1.29 is 13.6 Å². The van der Waals surface area contributed by atoms with E-state index in [1.165, 1.54) is 16.8 Å². The second-order valence-corrected chi connectivity index (χ2v) is 6.27. The fraction of sp³-hybridized carbons (Fsp3) is 0.412. The Morgan fingerprint density at radius 3 is 2.88 bits per heavy atom. The van der Waals surface area contributed by atoms with Crippen molar-refractivity contribution in [3.63, 3.8) is 0 Å². The Labute approximate surface area is 139 Å². The third kappa shape index (κ3) is 3.25. The number of halogens is 2. The summed E-state index contributed by atoms with van der Waals surface area (Å²) in [6, 6.07) is 3.08. The smallest absolute Gasteiger partial charge is 0.315 e. The number of carbonyl (C=O) groups is 1. The minimum absolute atomic E-state index is 0.0455. The van der Waals surface area contributed by atoms with Crippen molar-refractivity contribution in [3.8, 4) is 5.69 Å². The maximum absolute atomic E-state index is 14.1. The zero-order valence-corrected chi connectivity index (χ0v) is 13.6. The number of hydrogen-bond donors (Lipinski definition) is 2. The average molecular weight is 334 g/mol. The van der Waals surface area contributed by atoms with E-state index >= 15 is 0 Å². The van der Waals surface area contributed by atoms with E-state index in [0.717, 1.165) is 36.6 Å². The first-order chi connectivity index (χ1) is 11.5. The van der Waals surface area contributed by atoms with Crippen LogP contribution in [-0.2, 0) is 6.42 Å². The van der Waals surface area contributed by atoms with Crippen LogP contribution >= 0.6 is 0 Å². The van der Waals surface area contributed by atoms with E-state index in [2.05, 4.69) is 15.7 Å². The lowest BCUT2D eigenvalue weighted by molar-refractivity contribution is 0.233. The highest BCUT2D eigenvalue weighted by atomic mass is 19.1. The van der Waals surface area contributed by atoms with Gasteiger partial charge in [-0.2, -0.15) is 5.10 Å². The van der Waals surface area contributed by atoms with Gasteiger partial charge in [0.1, 0.15) is 11.5 Å². The van der Waals surface area contributed by atoms with Crippen LogP contribution < -0.4 is 10.6 Å². The van der Waals surface area contributed by atoms with Crippen molar-refractivity contribution >= 4 is 6.03 Å². The monoisotopic (exact) mass is 334 g/mol. The molecule has 128 valence electrons. The molecule has 0 bridgehead atoms. The van der Waals surface area contributed by atoms with Crippen LogP contribution in [0.25, 0.3) is 5.69 Å². The third-order valence-electron chi connectivity index (χ3n) is 4.05. The molecule has 0 fully saturated rings. The summed E-state index contributed by atoms with van der Waals surface area (Å²) in [7, 11) is 0. The molecule has 2 aromatic rings. The highest BCUT2D eigenvalue weighted by Crippen LogP contribution is 2.31. The third-order valence-corrected chi connectivity index (χ3v) is 4.05. The summed E-state index contributed by atoms with van der Waals surface area (Å²) < 4.78 is 28.7. The molecule has 1 atom stereocenters. The van der Waals surface area contributed by atoms with Crippen LogP contribution in [0.15, 0.2) is 24.4 Å². The Morgan fingerprint density at radius 2 is 2.17 bits per heavy atom. The molecule has 2 amide bonds. The number of amides is 2. The molecule has 24 heavy (non-hydrogen) atoms. The Morgan fingerprint density at radius 1 is 1.38 bits per heavy atom. The Balaban J connectivity index is 1.88. The summed E-state index contributed by atoms with van der Waals surface area (Å²) in [5.41, 5.74) is 1.94. The normalized spacial score (nSPS) is 16.8. The predicted molar refractivity (Wildman–Crippen MR) is 86.0 cm³/mol. The van der Waals surface area contributed by atoms with Crippen molar-refractivity contribution in [2.24, 2.45) is 0 Å². The number of hydrogen-bond acceptors (Lipinski definition) is 2. The van der Waals surface area contributed by atoms with Crippen LogP contribution in [0.2, 0.25) is 0 Å². The molecule has 0 unspecified atom stereocenters. The zero-order chi connectivity index (χ0) is 17.3. The Hall–Kier alpha value is -2.44. The van der Waals surface area contributed by atoms with E-state index < -0.39 is 11.6 Å². The van der Waals surface area contributed by atoms with Gasteiger partial charge in [0.15, 0.2) is 5.82 Å². The lowest BCUT2D eigenvalue weighted by Crippen LogP contribution is -2.42. The number of nitrogens with zero attached hydrogens (tertiary/aromatic N) is 2. The van der Waals surface area contributed by atoms with Gasteiger partial charge in [-0.1, -0.05) is 0 Å². The van der Waals surface area contributed by atoms with E-state index in [9.17, 15) is 13.6 Å². The van der Waals surface area contributed by atoms with Crippen molar-refractivity contribution in [2.45, 2.75) is 45.2 Å². The van der Waals surface area contributed by atoms with Crippen LogP contribution in [-0.4, -0.2) is 21.9 Å². The van der Waals surface area contributed by atoms with Crippen LogP contribution in [0.3, 0.4) is 0 Å². The van der Waals surface area contributed by atoms with E-state index in [1.807, 2.05) is 13.8 Å². The van der Waals surface area contributed by atoms with Gasteiger partial charge in [0.2, 0.25) is 0 Å². The number of urea groups is 1. The summed E-state index contributed by atoms with van der Waals surface area (Å²) in [5.74, 6) is -1.28. The summed E-state index contributed by atoms with van der Waals surface area (Å²) in [4.78, 5) is 11.9. The van der Waals surface area contributed by atoms with Gasteiger partial charge in [-0.3, -0.25) is 0 Å². The van der Waals surface area contributed by atoms with Gasteiger partial charge in [0, 0.05) is 23.4 Å². The lowest BCUT2D eigenvalue weighted by atomic mass is 9.93. The summed E-state index contributed by atoms with van der Waals surface area (Å²) in [5, 5.41) is 9.99. The second kappa shape index (κ2) is 6.59. The van der Waals surface area contributed by atoms with E-state index in [1.54, 1.807) is 6.20 Å². The molecular weight excluding hydrogens is 314 g/mol. The molecule has 1 aromatic heterocycles. The zero-order valence-electron chi connectivity index (χ0n) is 13.6. The molecule has 1 aliphatic rings. The fourth-order valence-electron chi connectivity index (χ4n) is 3.03. The van der Waals surface area contributed by atoms with Gasteiger partial charge < -0.3 is 10.6 Å². The van der Waals surface area contributed by atoms with Crippen molar-refractivity contribution in [2.75, 3.05) is 0 Å².